The summed E-state index contributed by atoms with van der Waals surface area (Å²) in [5, 5.41) is 16.8. The van der Waals surface area contributed by atoms with Crippen molar-refractivity contribution in [3.8, 4) is 17.2 Å². The van der Waals surface area contributed by atoms with Crippen LogP contribution in [0.1, 0.15) is 76.3 Å². The second-order valence-electron chi connectivity index (χ2n) is 12.0. The molecule has 1 atom stereocenters. The lowest BCUT2D eigenvalue weighted by molar-refractivity contribution is -0.126. The molecule has 39 heavy (non-hydrogen) atoms. The molecular formula is C32H38N2O5. The number of carbonyl (C=O) groups is 2. The Labute approximate surface area is 230 Å². The van der Waals surface area contributed by atoms with Gasteiger partial charge in [0.25, 0.3) is 5.91 Å². The minimum Gasteiger partial charge on any atom is -0.507 e. The first-order valence-electron chi connectivity index (χ1n) is 13.2. The highest BCUT2D eigenvalue weighted by atomic mass is 16.7. The van der Waals surface area contributed by atoms with Gasteiger partial charge in [-0.1, -0.05) is 84.0 Å². The molecule has 0 saturated carbocycles. The zero-order valence-electron chi connectivity index (χ0n) is 23.6. The Morgan fingerprint density at radius 1 is 0.872 bits per heavy atom. The first-order valence-corrected chi connectivity index (χ1v) is 13.2. The van der Waals surface area contributed by atoms with E-state index in [2.05, 4.69) is 52.2 Å². The number of aromatic hydroxyl groups is 1. The van der Waals surface area contributed by atoms with Crippen LogP contribution in [-0.4, -0.2) is 23.7 Å². The average Bonchev–Trinajstić information content (AvgIpc) is 3.33. The molecule has 7 heteroatoms. The number of phenols is 1. The van der Waals surface area contributed by atoms with Gasteiger partial charge in [0.05, 0.1) is 0 Å². The van der Waals surface area contributed by atoms with Crippen molar-refractivity contribution < 1.29 is 24.2 Å². The van der Waals surface area contributed by atoms with Gasteiger partial charge in [0.2, 0.25) is 12.7 Å². The smallest absolute Gasteiger partial charge is 0.251 e. The summed E-state index contributed by atoms with van der Waals surface area (Å²) >= 11 is 0. The van der Waals surface area contributed by atoms with Gasteiger partial charge in [0, 0.05) is 18.2 Å². The Morgan fingerprint density at radius 2 is 1.49 bits per heavy atom. The van der Waals surface area contributed by atoms with Crippen LogP contribution in [0.5, 0.6) is 17.2 Å². The van der Waals surface area contributed by atoms with Crippen LogP contribution in [-0.2, 0) is 26.8 Å². The summed E-state index contributed by atoms with van der Waals surface area (Å²) in [6.07, 6.45) is 0.669. The Hall–Kier alpha value is -4.00. The largest absolute Gasteiger partial charge is 0.507 e. The number of fused-ring (bicyclic) bond motifs is 1. The second-order valence-corrected chi connectivity index (χ2v) is 12.0. The van der Waals surface area contributed by atoms with Gasteiger partial charge in [-0.3, -0.25) is 9.59 Å². The molecule has 4 rings (SSSR count). The van der Waals surface area contributed by atoms with Gasteiger partial charge in [0.15, 0.2) is 11.5 Å². The molecule has 0 radical (unpaired) electrons. The van der Waals surface area contributed by atoms with Gasteiger partial charge < -0.3 is 25.2 Å². The average molecular weight is 531 g/mol. The number of aryl methyl sites for hydroxylation is 1. The van der Waals surface area contributed by atoms with Crippen LogP contribution in [0.4, 0.5) is 5.69 Å². The molecule has 3 aromatic rings. The van der Waals surface area contributed by atoms with E-state index < -0.39 is 6.04 Å². The fourth-order valence-corrected chi connectivity index (χ4v) is 4.61. The number of phenolic OH excluding ortho intramolecular Hbond substituents is 1. The maximum atomic E-state index is 13.3. The topological polar surface area (TPSA) is 96.9 Å². The number of rotatable bonds is 7. The van der Waals surface area contributed by atoms with Crippen molar-refractivity contribution in [3.63, 3.8) is 0 Å². The SMILES string of the molecule is CC(C)(C)c1cc(CCC(=O)NC(C(=O)Nc2ccc3c(c2)OCO3)c2ccccc2)cc(C(C)(C)C)c1O. The van der Waals surface area contributed by atoms with E-state index in [0.717, 1.165) is 16.7 Å². The minimum atomic E-state index is -0.876. The van der Waals surface area contributed by atoms with E-state index in [0.29, 0.717) is 34.9 Å². The molecule has 7 nitrogen and oxygen atoms in total. The molecule has 1 unspecified atom stereocenters. The van der Waals surface area contributed by atoms with Crippen molar-refractivity contribution >= 4 is 17.5 Å². The third-order valence-corrected chi connectivity index (χ3v) is 6.77. The van der Waals surface area contributed by atoms with Crippen LogP contribution < -0.4 is 20.1 Å². The molecule has 3 aromatic carbocycles. The molecule has 3 N–H and O–H groups in total. The van der Waals surface area contributed by atoms with Gasteiger partial charge >= 0.3 is 0 Å². The number of benzene rings is 3. The number of nitrogens with one attached hydrogen (secondary N) is 2. The number of hydrogen-bond acceptors (Lipinski definition) is 5. The molecule has 2 amide bonds. The summed E-state index contributed by atoms with van der Waals surface area (Å²) in [4.78, 5) is 26.5. The maximum Gasteiger partial charge on any atom is 0.251 e. The van der Waals surface area contributed by atoms with Crippen molar-refractivity contribution in [2.45, 2.75) is 71.3 Å². The Bertz CT molecular complexity index is 1320. The lowest BCUT2D eigenvalue weighted by Crippen LogP contribution is -2.37. The predicted molar refractivity (Wildman–Crippen MR) is 152 cm³/mol. The lowest BCUT2D eigenvalue weighted by Gasteiger charge is -2.28. The molecule has 0 spiro atoms. The molecule has 1 aliphatic rings. The van der Waals surface area contributed by atoms with Gasteiger partial charge in [-0.05, 0) is 51.6 Å². The van der Waals surface area contributed by atoms with Gasteiger partial charge in [-0.15, -0.1) is 0 Å². The molecular weight excluding hydrogens is 492 g/mol. The third kappa shape index (κ3) is 6.72. The van der Waals surface area contributed by atoms with Crippen molar-refractivity contribution in [1.82, 2.24) is 5.32 Å². The van der Waals surface area contributed by atoms with E-state index in [1.807, 2.05) is 42.5 Å². The van der Waals surface area contributed by atoms with E-state index in [1.54, 1.807) is 18.2 Å². The van der Waals surface area contributed by atoms with Gasteiger partial charge in [0.1, 0.15) is 11.8 Å². The molecule has 0 aromatic heterocycles. The number of anilines is 1. The summed E-state index contributed by atoms with van der Waals surface area (Å²) < 4.78 is 10.8. The van der Waals surface area contributed by atoms with E-state index in [4.69, 9.17) is 9.47 Å². The van der Waals surface area contributed by atoms with E-state index in [9.17, 15) is 14.7 Å². The summed E-state index contributed by atoms with van der Waals surface area (Å²) in [6, 6.07) is 17.4. The summed E-state index contributed by atoms with van der Waals surface area (Å²) in [5.41, 5.74) is 3.40. The van der Waals surface area contributed by atoms with Crippen LogP contribution in [0.25, 0.3) is 0 Å². The van der Waals surface area contributed by atoms with Crippen LogP contribution >= 0.6 is 0 Å². The van der Waals surface area contributed by atoms with Gasteiger partial charge in [-0.2, -0.15) is 0 Å². The fourth-order valence-electron chi connectivity index (χ4n) is 4.61. The Balaban J connectivity index is 1.51. The summed E-state index contributed by atoms with van der Waals surface area (Å²) in [6.45, 7) is 12.5. The Kier molecular flexibility index (Phi) is 7.91. The zero-order valence-corrected chi connectivity index (χ0v) is 23.6. The second kappa shape index (κ2) is 11.0. The highest BCUT2D eigenvalue weighted by molar-refractivity contribution is 5.98. The molecule has 206 valence electrons. The van der Waals surface area contributed by atoms with Crippen molar-refractivity contribution in [3.05, 3.63) is 82.9 Å². The standard InChI is InChI=1S/C32H38N2O5/c1-31(2,3)23-16-20(17-24(29(23)36)32(4,5)6)12-15-27(35)34-28(21-10-8-7-9-11-21)30(37)33-22-13-14-25-26(18-22)39-19-38-25/h7-11,13-14,16-18,28,36H,12,15,19H2,1-6H3,(H,33,37)(H,34,35). The van der Waals surface area contributed by atoms with Crippen molar-refractivity contribution in [2.24, 2.45) is 0 Å². The number of amides is 2. The zero-order chi connectivity index (χ0) is 28.4. The third-order valence-electron chi connectivity index (χ3n) is 6.77. The molecule has 1 aliphatic heterocycles. The van der Waals surface area contributed by atoms with E-state index in [1.165, 1.54) is 0 Å². The van der Waals surface area contributed by atoms with Crippen LogP contribution in [0.3, 0.4) is 0 Å². The highest BCUT2D eigenvalue weighted by Gasteiger charge is 2.27. The summed E-state index contributed by atoms with van der Waals surface area (Å²) in [7, 11) is 0. The molecule has 0 fully saturated rings. The van der Waals surface area contributed by atoms with Crippen LogP contribution in [0.15, 0.2) is 60.7 Å². The molecule has 0 saturated heterocycles. The van der Waals surface area contributed by atoms with E-state index >= 15 is 0 Å². The first kappa shape index (κ1) is 28.0. The predicted octanol–water partition coefficient (Wildman–Crippen LogP) is 6.14. The minimum absolute atomic E-state index is 0.144. The van der Waals surface area contributed by atoms with Crippen molar-refractivity contribution in [2.75, 3.05) is 12.1 Å². The van der Waals surface area contributed by atoms with Crippen molar-refractivity contribution in [1.29, 1.82) is 0 Å². The van der Waals surface area contributed by atoms with Crippen LogP contribution in [0.2, 0.25) is 0 Å². The quantitative estimate of drug-likeness (QED) is 0.341. The molecule has 0 bridgehead atoms. The first-order chi connectivity index (χ1) is 18.3. The summed E-state index contributed by atoms with van der Waals surface area (Å²) in [5.74, 6) is 0.897. The monoisotopic (exact) mass is 530 g/mol. The number of ether oxygens (including phenoxy) is 2. The Morgan fingerprint density at radius 3 is 2.10 bits per heavy atom. The van der Waals surface area contributed by atoms with Crippen LogP contribution in [0, 0.1) is 0 Å². The van der Waals surface area contributed by atoms with E-state index in [-0.39, 0.29) is 35.9 Å². The fraction of sp³-hybridized carbons (Fsp3) is 0.375. The normalized spacial score (nSPS) is 13.6. The highest BCUT2D eigenvalue weighted by Crippen LogP contribution is 2.40. The lowest BCUT2D eigenvalue weighted by atomic mass is 9.78. The molecule has 1 heterocycles. The molecule has 0 aliphatic carbocycles. The maximum absolute atomic E-state index is 13.3. The number of hydrogen-bond donors (Lipinski definition) is 3. The number of carbonyl (C=O) groups excluding carboxylic acids is 2. The van der Waals surface area contributed by atoms with Gasteiger partial charge in [-0.25, -0.2) is 0 Å².